The smallest absolute Gasteiger partial charge is 0.462 e. The van der Waals surface area contributed by atoms with Crippen LogP contribution < -0.4 is 0 Å². The third-order valence-corrected chi connectivity index (χ3v) is 13.7. The molecule has 2 bridgehead atoms. The average molecular weight is 1060 g/mol. The molecule has 19 nitrogen and oxygen atoms in total. The molecule has 0 aromatic rings. The zero-order chi connectivity index (χ0) is 53.4. The first-order chi connectivity index (χ1) is 34.3. The molecule has 2 rings (SSSR count). The van der Waals surface area contributed by atoms with E-state index in [1.54, 1.807) is 6.08 Å². The van der Waals surface area contributed by atoms with Gasteiger partial charge in [0.1, 0.15) is 36.8 Å². The molecule has 0 aromatic heterocycles. The second kappa shape index (κ2) is 36.9. The molecule has 21 heteroatoms. The number of unbranched alkanes of at least 4 members (excludes halogenated alkanes) is 5. The topological polar surface area (TPSA) is 314 Å². The summed E-state index contributed by atoms with van der Waals surface area (Å²) >= 11 is 0. The van der Waals surface area contributed by atoms with Gasteiger partial charge in [0.05, 0.1) is 36.9 Å². The Morgan fingerprint density at radius 2 is 1.35 bits per heavy atom. The molecule has 1 saturated carbocycles. The van der Waals surface area contributed by atoms with Crippen LogP contribution in [0.1, 0.15) is 149 Å². The first-order valence-electron chi connectivity index (χ1n) is 25.6. The molecule has 2 fully saturated rings. The van der Waals surface area contributed by atoms with Crippen LogP contribution in [-0.2, 0) is 46.6 Å². The number of esters is 2. The van der Waals surface area contributed by atoms with E-state index in [1.165, 1.54) is 19.3 Å². The largest absolute Gasteiger partial charge is 0.472 e. The van der Waals surface area contributed by atoms with E-state index in [9.17, 15) is 68.8 Å². The van der Waals surface area contributed by atoms with Crippen LogP contribution in [0.2, 0.25) is 0 Å². The summed E-state index contributed by atoms with van der Waals surface area (Å²) in [5.41, 5.74) is 0. The number of phosphoric ester groups is 2. The van der Waals surface area contributed by atoms with Gasteiger partial charge in [-0.15, -0.1) is 0 Å². The highest BCUT2D eigenvalue weighted by atomic mass is 31.2. The number of allylic oxidation sites excluding steroid dienone is 10. The van der Waals surface area contributed by atoms with Crippen molar-refractivity contribution < 1.29 is 91.9 Å². The van der Waals surface area contributed by atoms with E-state index >= 15 is 0 Å². The summed E-state index contributed by atoms with van der Waals surface area (Å²) in [6.45, 7) is 2.48. The van der Waals surface area contributed by atoms with E-state index in [-0.39, 0.29) is 38.5 Å². The van der Waals surface area contributed by atoms with Crippen molar-refractivity contribution in [2.45, 2.75) is 204 Å². The minimum atomic E-state index is -5.80. The lowest BCUT2D eigenvalue weighted by Crippen LogP contribution is -2.56. The molecule has 12 atom stereocenters. The molecular formula is C51H84O19P2. The molecule has 9 N–H and O–H groups in total. The monoisotopic (exact) mass is 1060 g/mol. The van der Waals surface area contributed by atoms with Gasteiger partial charge in [-0.25, -0.2) is 9.13 Å². The number of hydrogen-bond acceptors (Lipinski definition) is 16. The fourth-order valence-electron chi connectivity index (χ4n) is 8.11. The van der Waals surface area contributed by atoms with Gasteiger partial charge in [-0.1, -0.05) is 138 Å². The Morgan fingerprint density at radius 1 is 0.764 bits per heavy atom. The maximum absolute atomic E-state index is 14.0. The fraction of sp³-hybridized carbons (Fsp3) is 0.706. The van der Waals surface area contributed by atoms with Gasteiger partial charge in [0.25, 0.3) is 0 Å². The summed E-state index contributed by atoms with van der Waals surface area (Å²) in [4.78, 5) is 70.7. The molecule has 0 spiro atoms. The van der Waals surface area contributed by atoms with Gasteiger partial charge >= 0.3 is 27.6 Å². The molecule has 1 aliphatic carbocycles. The summed E-state index contributed by atoms with van der Waals surface area (Å²) in [7, 11) is -11.5. The Labute approximate surface area is 425 Å². The van der Waals surface area contributed by atoms with E-state index in [0.717, 1.165) is 50.7 Å². The Kier molecular flexibility index (Phi) is 33.4. The number of ketones is 1. The maximum Gasteiger partial charge on any atom is 0.472 e. The molecule has 1 heterocycles. The minimum absolute atomic E-state index is 0.0748. The first kappa shape index (κ1) is 65.1. The van der Waals surface area contributed by atoms with Gasteiger partial charge in [0, 0.05) is 25.2 Å². The third kappa shape index (κ3) is 28.1. The molecular weight excluding hydrogens is 978 g/mol. The predicted molar refractivity (Wildman–Crippen MR) is 270 cm³/mol. The lowest BCUT2D eigenvalue weighted by molar-refractivity contribution is -0.165. The van der Waals surface area contributed by atoms with Crippen LogP contribution in [0.15, 0.2) is 72.9 Å². The highest BCUT2D eigenvalue weighted by Gasteiger charge is 2.51. The lowest BCUT2D eigenvalue weighted by Gasteiger charge is -2.38. The quantitative estimate of drug-likeness (QED) is 0.0204. The summed E-state index contributed by atoms with van der Waals surface area (Å²) < 4.78 is 52.1. The van der Waals surface area contributed by atoms with Crippen LogP contribution in [0.25, 0.3) is 0 Å². The molecule has 0 amide bonds. The summed E-state index contributed by atoms with van der Waals surface area (Å²) in [6, 6.07) is 0. The van der Waals surface area contributed by atoms with Crippen molar-refractivity contribution in [1.29, 1.82) is 0 Å². The number of phosphoric acid groups is 2. The molecule has 412 valence electrons. The number of carbonyl (C=O) groups excluding carboxylic acids is 3. The van der Waals surface area contributed by atoms with Crippen LogP contribution in [0.5, 0.6) is 0 Å². The Bertz CT molecular complexity index is 1830. The Hall–Kier alpha value is -2.97. The van der Waals surface area contributed by atoms with Crippen LogP contribution in [0.3, 0.4) is 0 Å². The van der Waals surface area contributed by atoms with Crippen molar-refractivity contribution in [3.8, 4) is 0 Å². The van der Waals surface area contributed by atoms with Crippen LogP contribution in [0.4, 0.5) is 0 Å². The Morgan fingerprint density at radius 3 is 1.96 bits per heavy atom. The minimum Gasteiger partial charge on any atom is -0.462 e. The third-order valence-electron chi connectivity index (χ3n) is 12.2. The van der Waals surface area contributed by atoms with Gasteiger partial charge in [-0.3, -0.25) is 28.0 Å². The van der Waals surface area contributed by atoms with Crippen molar-refractivity contribution in [3.63, 3.8) is 0 Å². The van der Waals surface area contributed by atoms with Gasteiger partial charge < -0.3 is 54.8 Å². The van der Waals surface area contributed by atoms with E-state index in [1.807, 2.05) is 25.2 Å². The summed E-state index contributed by atoms with van der Waals surface area (Å²) in [6.07, 6.45) is 14.0. The van der Waals surface area contributed by atoms with Crippen molar-refractivity contribution >= 4 is 33.4 Å². The summed E-state index contributed by atoms with van der Waals surface area (Å²) in [5, 5.41) is 68.2. The van der Waals surface area contributed by atoms with Gasteiger partial charge in [0.15, 0.2) is 6.10 Å². The lowest BCUT2D eigenvalue weighted by atomic mass is 9.82. The standard InChI is InChI=1S/C51H84O19P2/c1-3-5-7-8-9-10-11-12-13-14-15-16-17-18-19-20-21-22-28-32-45(56)68-39-36-66-44(55)31-27-24-23-26-30-40-42(53)35-43(54)41(34-33-38(52)29-25-6-4-2)47(58)50(69-71(61,62)63)51(49(60)48(59)46(40)57)70-72(64,65)67-37-39/h9-10,12-13,15-16,18-19,21-22,33-34,38-42,46-53,57-60H,3-8,11,14,17,20,23-32,35-37H2,1-2H3,(H,64,65)(H2,61,62,63)/b10-9-,13-12-,16-15-,19-18-,22-21-,34-33+/t38-,39+,40-,41-,42-,46+,47+,48-,49+,50+,51-/m0/s1. The maximum atomic E-state index is 14.0. The molecule has 0 aromatic carbocycles. The molecule has 1 aliphatic heterocycles. The van der Waals surface area contributed by atoms with Crippen molar-refractivity contribution in [3.05, 3.63) is 72.9 Å². The average Bonchev–Trinajstić information content (AvgIpc) is 3.32. The van der Waals surface area contributed by atoms with E-state index in [0.29, 0.717) is 32.1 Å². The Balaban J connectivity index is 2.30. The van der Waals surface area contributed by atoms with Crippen LogP contribution in [0, 0.1) is 11.8 Å². The highest BCUT2D eigenvalue weighted by Crippen LogP contribution is 2.49. The molecule has 72 heavy (non-hydrogen) atoms. The molecule has 1 unspecified atom stereocenters. The fourth-order valence-corrected chi connectivity index (χ4v) is 9.64. The number of Topliss-reactive ketones (excluding diaryl/α,β-unsaturated/α-hetero) is 1. The number of aliphatic hydroxyl groups is 6. The van der Waals surface area contributed by atoms with Gasteiger partial charge in [0.2, 0.25) is 0 Å². The number of rotatable bonds is 24. The normalized spacial score (nSPS) is 30.1. The van der Waals surface area contributed by atoms with E-state index < -0.39 is 120 Å². The summed E-state index contributed by atoms with van der Waals surface area (Å²) in [5.74, 6) is -5.77. The van der Waals surface area contributed by atoms with Crippen molar-refractivity contribution in [2.75, 3.05) is 13.2 Å². The predicted octanol–water partition coefficient (Wildman–Crippen LogP) is 6.98. The first-order valence-corrected chi connectivity index (χ1v) is 28.6. The van der Waals surface area contributed by atoms with Crippen LogP contribution in [-0.4, -0.2) is 131 Å². The van der Waals surface area contributed by atoms with E-state index in [4.69, 9.17) is 23.0 Å². The second-order valence-corrected chi connectivity index (χ2v) is 20.9. The SMILES string of the molecule is CCCCC/C=C\C/C=C\C/C=C\C/C=C\C/C=C\CCC(=O)O[C@@H]1COC(=O)CCCCCC[C@@H]2[C@@H](O)[C@H](O)[C@@H](O)[C@H](OP(=O)(O)OC1)[C@H](OP(=O)(O)O)[C@H](O)[C@@H](/C=C/[C@@H](O)CCCCC)C(=O)C[C@@H]2O. The van der Waals surface area contributed by atoms with Crippen molar-refractivity contribution in [1.82, 2.24) is 0 Å². The number of fused-ring (bicyclic) bond motifs is 4. The second-order valence-electron chi connectivity index (χ2n) is 18.3. The molecule has 2 aliphatic rings. The molecule has 1 saturated heterocycles. The molecule has 0 radical (unpaired) electrons. The van der Waals surface area contributed by atoms with E-state index in [2.05, 4.69) is 43.4 Å². The van der Waals surface area contributed by atoms with Gasteiger partial charge in [-0.05, 0) is 64.2 Å². The van der Waals surface area contributed by atoms with Crippen molar-refractivity contribution in [2.24, 2.45) is 11.8 Å². The number of cyclic esters (lactones) is 1. The number of aliphatic hydroxyl groups excluding tert-OH is 6. The highest BCUT2D eigenvalue weighted by molar-refractivity contribution is 7.47. The zero-order valence-corrected chi connectivity index (χ0v) is 43.8. The van der Waals surface area contributed by atoms with Crippen LogP contribution >= 0.6 is 15.6 Å². The number of ether oxygens (including phenoxy) is 2. The zero-order valence-electron chi connectivity index (χ0n) is 42.0. The number of carbonyl (C=O) groups is 3. The number of hydrogen-bond donors (Lipinski definition) is 9. The van der Waals surface area contributed by atoms with Gasteiger partial charge in [-0.2, -0.15) is 0 Å².